The summed E-state index contributed by atoms with van der Waals surface area (Å²) < 4.78 is 7.35. The highest BCUT2D eigenvalue weighted by Gasteiger charge is 2.42. The number of nitrogens with zero attached hydrogens (tertiary/aromatic N) is 3. The molecule has 0 saturated carbocycles. The molecule has 3 heterocycles. The summed E-state index contributed by atoms with van der Waals surface area (Å²) in [6, 6.07) is 15.2. The van der Waals surface area contributed by atoms with E-state index < -0.39 is 0 Å². The smallest absolute Gasteiger partial charge is 0.325 e. The molecular weight excluding hydrogens is 444 g/mol. The second kappa shape index (κ2) is 9.30. The maximum absolute atomic E-state index is 12.4. The van der Waals surface area contributed by atoms with Gasteiger partial charge in [-0.1, -0.05) is 29.8 Å². The third-order valence-corrected chi connectivity index (χ3v) is 6.36. The molecule has 1 aliphatic rings. The van der Waals surface area contributed by atoms with Crippen LogP contribution in [0.3, 0.4) is 0 Å². The van der Waals surface area contributed by atoms with Crippen molar-refractivity contribution < 1.29 is 9.53 Å². The first-order valence-corrected chi connectivity index (χ1v) is 11.3. The average Bonchev–Trinajstić information content (AvgIpc) is 3.25. The van der Waals surface area contributed by atoms with Crippen molar-refractivity contribution in [2.24, 2.45) is 0 Å². The topological polar surface area (TPSA) is 59.4 Å². The third-order valence-electron chi connectivity index (χ3n) is 5.68. The molecule has 8 heteroatoms. The molecule has 0 spiro atoms. The number of rotatable bonds is 6. The van der Waals surface area contributed by atoms with Gasteiger partial charge in [0, 0.05) is 17.6 Å². The maximum Gasteiger partial charge on any atom is 0.325 e. The molecule has 6 nitrogen and oxygen atoms in total. The van der Waals surface area contributed by atoms with Crippen molar-refractivity contribution in [2.75, 3.05) is 13.2 Å². The fourth-order valence-electron chi connectivity index (χ4n) is 4.35. The van der Waals surface area contributed by atoms with Crippen molar-refractivity contribution in [3.8, 4) is 5.69 Å². The van der Waals surface area contributed by atoms with E-state index in [0.717, 1.165) is 28.3 Å². The van der Waals surface area contributed by atoms with Gasteiger partial charge in [0.2, 0.25) is 0 Å². The standard InChI is InChI=1S/C24H25ClN4O2S/c1-4-31-21(30)14-28-23(22(27-24(28)32)19-10-7-8-12-26-19)17-13-15(2)29(16(17)3)20-11-6-5-9-18(20)25/h5-13,22-23H,4,14H2,1-3H3,(H,27,32)/t22-,23+/m0/s1. The second-order valence-corrected chi connectivity index (χ2v) is 8.47. The fourth-order valence-corrected chi connectivity index (χ4v) is 4.88. The van der Waals surface area contributed by atoms with Crippen molar-refractivity contribution in [1.82, 2.24) is 19.8 Å². The van der Waals surface area contributed by atoms with Crippen LogP contribution < -0.4 is 5.32 Å². The van der Waals surface area contributed by atoms with Crippen molar-refractivity contribution in [3.05, 3.63) is 82.4 Å². The Morgan fingerprint density at radius 1 is 1.22 bits per heavy atom. The number of para-hydroxylation sites is 1. The Kier molecular flexibility index (Phi) is 6.48. The number of pyridine rings is 1. The average molecular weight is 469 g/mol. The molecule has 1 aromatic carbocycles. The first kappa shape index (κ1) is 22.3. The van der Waals surface area contributed by atoms with E-state index in [1.165, 1.54) is 0 Å². The Bertz CT molecular complexity index is 1150. The van der Waals surface area contributed by atoms with E-state index in [-0.39, 0.29) is 24.6 Å². The Morgan fingerprint density at radius 2 is 1.97 bits per heavy atom. The molecule has 0 bridgehead atoms. The van der Waals surface area contributed by atoms with Gasteiger partial charge >= 0.3 is 5.97 Å². The SMILES string of the molecule is CCOC(=O)CN1C(=S)N[C@@H](c2ccccn2)[C@H]1c1cc(C)n(-c2ccccc2Cl)c1C. The Labute approximate surface area is 198 Å². The molecule has 32 heavy (non-hydrogen) atoms. The number of benzene rings is 1. The van der Waals surface area contributed by atoms with Gasteiger partial charge in [0.15, 0.2) is 5.11 Å². The van der Waals surface area contributed by atoms with Crippen LogP contribution in [0.1, 0.15) is 41.7 Å². The molecule has 1 N–H and O–H groups in total. The molecule has 1 aliphatic heterocycles. The number of carbonyl (C=O) groups is 1. The normalized spacial score (nSPS) is 18.0. The van der Waals surface area contributed by atoms with E-state index in [9.17, 15) is 4.79 Å². The van der Waals surface area contributed by atoms with Gasteiger partial charge < -0.3 is 19.5 Å². The zero-order chi connectivity index (χ0) is 22.8. The van der Waals surface area contributed by atoms with Gasteiger partial charge in [0.1, 0.15) is 6.54 Å². The molecule has 2 aromatic heterocycles. The largest absolute Gasteiger partial charge is 0.465 e. The van der Waals surface area contributed by atoms with Gasteiger partial charge in [-0.3, -0.25) is 9.78 Å². The van der Waals surface area contributed by atoms with Crippen molar-refractivity contribution in [1.29, 1.82) is 0 Å². The minimum atomic E-state index is -0.316. The van der Waals surface area contributed by atoms with Crippen LogP contribution in [0.2, 0.25) is 5.02 Å². The summed E-state index contributed by atoms with van der Waals surface area (Å²) in [5.41, 5.74) is 4.89. The van der Waals surface area contributed by atoms with E-state index in [1.54, 1.807) is 13.1 Å². The van der Waals surface area contributed by atoms with Crippen LogP contribution in [0.5, 0.6) is 0 Å². The van der Waals surface area contributed by atoms with Crippen molar-refractivity contribution in [3.63, 3.8) is 0 Å². The lowest BCUT2D eigenvalue weighted by molar-refractivity contribution is -0.143. The number of carbonyl (C=O) groups excluding carboxylic acids is 1. The number of halogens is 1. The van der Waals surface area contributed by atoms with Crippen LogP contribution in [0.4, 0.5) is 0 Å². The zero-order valence-electron chi connectivity index (χ0n) is 18.2. The summed E-state index contributed by atoms with van der Waals surface area (Å²) in [6.45, 7) is 6.28. The number of nitrogens with one attached hydrogen (secondary N) is 1. The summed E-state index contributed by atoms with van der Waals surface area (Å²) in [5.74, 6) is -0.316. The second-order valence-electron chi connectivity index (χ2n) is 7.67. The summed E-state index contributed by atoms with van der Waals surface area (Å²) in [6.07, 6.45) is 1.76. The van der Waals surface area contributed by atoms with Crippen LogP contribution in [0.15, 0.2) is 54.7 Å². The van der Waals surface area contributed by atoms with E-state index in [2.05, 4.69) is 27.9 Å². The van der Waals surface area contributed by atoms with Crippen LogP contribution in [0, 0.1) is 13.8 Å². The monoisotopic (exact) mass is 468 g/mol. The molecule has 3 aromatic rings. The van der Waals surface area contributed by atoms with Crippen molar-refractivity contribution >= 4 is 34.9 Å². The molecule has 4 rings (SSSR count). The molecule has 166 valence electrons. The fraction of sp³-hybridized carbons (Fsp3) is 0.292. The van der Waals surface area contributed by atoms with Gasteiger partial charge in [0.25, 0.3) is 0 Å². The van der Waals surface area contributed by atoms with Gasteiger partial charge in [-0.05, 0) is 68.9 Å². The van der Waals surface area contributed by atoms with Crippen LogP contribution in [0.25, 0.3) is 5.69 Å². The summed E-state index contributed by atoms with van der Waals surface area (Å²) in [4.78, 5) is 18.9. The lowest BCUT2D eigenvalue weighted by Gasteiger charge is -2.27. The van der Waals surface area contributed by atoms with E-state index in [0.29, 0.717) is 16.7 Å². The number of hydrogen-bond donors (Lipinski definition) is 1. The third kappa shape index (κ3) is 4.10. The Hall–Kier alpha value is -2.90. The highest BCUT2D eigenvalue weighted by molar-refractivity contribution is 7.80. The van der Waals surface area contributed by atoms with Gasteiger partial charge in [-0.15, -0.1) is 0 Å². The highest BCUT2D eigenvalue weighted by atomic mass is 35.5. The maximum atomic E-state index is 12.4. The molecular formula is C24H25ClN4O2S. The molecule has 0 amide bonds. The number of ether oxygens (including phenoxy) is 1. The Morgan fingerprint density at radius 3 is 2.66 bits per heavy atom. The highest BCUT2D eigenvalue weighted by Crippen LogP contribution is 2.41. The van der Waals surface area contributed by atoms with Crippen LogP contribution >= 0.6 is 23.8 Å². The number of thiocarbonyl (C=S) groups is 1. The minimum absolute atomic E-state index is 0.0590. The van der Waals surface area contributed by atoms with Crippen LogP contribution in [-0.4, -0.2) is 38.7 Å². The summed E-state index contributed by atoms with van der Waals surface area (Å²) >= 11 is 12.2. The molecule has 0 aliphatic carbocycles. The first-order valence-electron chi connectivity index (χ1n) is 10.5. The van der Waals surface area contributed by atoms with Crippen LogP contribution in [-0.2, 0) is 9.53 Å². The molecule has 1 fully saturated rings. The van der Waals surface area contributed by atoms with Crippen molar-refractivity contribution in [2.45, 2.75) is 32.9 Å². The molecule has 1 saturated heterocycles. The lowest BCUT2D eigenvalue weighted by atomic mass is 9.97. The summed E-state index contributed by atoms with van der Waals surface area (Å²) in [5, 5.41) is 4.55. The predicted octanol–water partition coefficient (Wildman–Crippen LogP) is 4.68. The number of hydrogen-bond acceptors (Lipinski definition) is 4. The minimum Gasteiger partial charge on any atom is -0.465 e. The molecule has 0 radical (unpaired) electrons. The van der Waals surface area contributed by atoms with E-state index in [4.69, 9.17) is 28.6 Å². The lowest BCUT2D eigenvalue weighted by Crippen LogP contribution is -2.35. The number of esters is 1. The Balaban J connectivity index is 1.83. The van der Waals surface area contributed by atoms with Gasteiger partial charge in [-0.25, -0.2) is 0 Å². The first-order chi connectivity index (χ1) is 15.4. The number of aryl methyl sites for hydroxylation is 1. The molecule has 2 atom stereocenters. The summed E-state index contributed by atoms with van der Waals surface area (Å²) in [7, 11) is 0. The van der Waals surface area contributed by atoms with E-state index in [1.807, 2.05) is 54.3 Å². The molecule has 0 unspecified atom stereocenters. The number of aromatic nitrogens is 2. The van der Waals surface area contributed by atoms with E-state index >= 15 is 0 Å². The predicted molar refractivity (Wildman–Crippen MR) is 129 cm³/mol. The quantitative estimate of drug-likeness (QED) is 0.418. The zero-order valence-corrected chi connectivity index (χ0v) is 19.8. The van der Waals surface area contributed by atoms with Gasteiger partial charge in [-0.2, -0.15) is 0 Å². The van der Waals surface area contributed by atoms with Gasteiger partial charge in [0.05, 0.1) is 35.1 Å².